The molecule has 2 aromatic rings. The third kappa shape index (κ3) is 6.93. The molecule has 0 aliphatic heterocycles. The summed E-state index contributed by atoms with van der Waals surface area (Å²) >= 11 is 0. The summed E-state index contributed by atoms with van der Waals surface area (Å²) in [7, 11) is 0. The van der Waals surface area contributed by atoms with Gasteiger partial charge in [-0.3, -0.25) is 9.59 Å². The van der Waals surface area contributed by atoms with Crippen LogP contribution < -0.4 is 10.1 Å². The Labute approximate surface area is 152 Å². The molecule has 0 radical (unpaired) electrons. The lowest BCUT2D eigenvalue weighted by Gasteiger charge is -2.21. The van der Waals surface area contributed by atoms with Gasteiger partial charge in [0.15, 0.2) is 6.61 Å². The number of para-hydroxylation sites is 1. The van der Waals surface area contributed by atoms with E-state index in [2.05, 4.69) is 5.32 Å². The van der Waals surface area contributed by atoms with Crippen molar-refractivity contribution in [2.75, 3.05) is 26.2 Å². The summed E-state index contributed by atoms with van der Waals surface area (Å²) in [5.41, 5.74) is 0.956. The van der Waals surface area contributed by atoms with Crippen LogP contribution in [-0.2, 0) is 16.0 Å². The zero-order valence-electron chi connectivity index (χ0n) is 14.8. The fourth-order valence-corrected chi connectivity index (χ4v) is 2.39. The molecule has 2 aromatic carbocycles. The van der Waals surface area contributed by atoms with Crippen LogP contribution in [0.25, 0.3) is 0 Å². The fourth-order valence-electron chi connectivity index (χ4n) is 2.39. The third-order valence-electron chi connectivity index (χ3n) is 3.85. The number of hydrogen-bond donors (Lipinski definition) is 1. The van der Waals surface area contributed by atoms with Crippen LogP contribution in [0.5, 0.6) is 5.75 Å². The molecule has 2 amide bonds. The maximum absolute atomic E-state index is 12.9. The number of halogens is 1. The normalized spacial score (nSPS) is 10.2. The SMILES string of the molecule is CC(=O)N(CCNC(=O)COc1ccccc1)CCc1ccc(F)cc1. The van der Waals surface area contributed by atoms with Crippen molar-refractivity contribution in [1.29, 1.82) is 0 Å². The summed E-state index contributed by atoms with van der Waals surface area (Å²) in [6, 6.07) is 15.3. The van der Waals surface area contributed by atoms with Gasteiger partial charge < -0.3 is 15.0 Å². The molecule has 0 spiro atoms. The zero-order valence-corrected chi connectivity index (χ0v) is 14.8. The van der Waals surface area contributed by atoms with Crippen molar-refractivity contribution in [3.63, 3.8) is 0 Å². The number of rotatable bonds is 9. The summed E-state index contributed by atoms with van der Waals surface area (Å²) in [4.78, 5) is 25.2. The van der Waals surface area contributed by atoms with Gasteiger partial charge in [-0.05, 0) is 36.2 Å². The molecule has 0 fully saturated rings. The lowest BCUT2D eigenvalue weighted by molar-refractivity contribution is -0.129. The van der Waals surface area contributed by atoms with E-state index < -0.39 is 0 Å². The van der Waals surface area contributed by atoms with Crippen LogP contribution >= 0.6 is 0 Å². The Hall–Kier alpha value is -2.89. The predicted molar refractivity (Wildman–Crippen MR) is 97.3 cm³/mol. The number of nitrogens with one attached hydrogen (secondary N) is 1. The third-order valence-corrected chi connectivity index (χ3v) is 3.85. The number of carbonyl (C=O) groups excluding carboxylic acids is 2. The average Bonchev–Trinajstić information content (AvgIpc) is 2.64. The Morgan fingerprint density at radius 3 is 2.38 bits per heavy atom. The predicted octanol–water partition coefficient (Wildman–Crippen LogP) is 2.41. The van der Waals surface area contributed by atoms with E-state index in [1.165, 1.54) is 19.1 Å². The van der Waals surface area contributed by atoms with Gasteiger partial charge >= 0.3 is 0 Å². The van der Waals surface area contributed by atoms with E-state index in [1.54, 1.807) is 29.2 Å². The quantitative estimate of drug-likeness (QED) is 0.749. The van der Waals surface area contributed by atoms with Gasteiger partial charge in [-0.1, -0.05) is 30.3 Å². The van der Waals surface area contributed by atoms with Gasteiger partial charge in [0.05, 0.1) is 0 Å². The van der Waals surface area contributed by atoms with Crippen LogP contribution in [-0.4, -0.2) is 43.0 Å². The first-order chi connectivity index (χ1) is 12.5. The van der Waals surface area contributed by atoms with Crippen LogP contribution in [0.4, 0.5) is 4.39 Å². The molecule has 5 nitrogen and oxygen atoms in total. The van der Waals surface area contributed by atoms with Crippen molar-refractivity contribution < 1.29 is 18.7 Å². The first-order valence-corrected chi connectivity index (χ1v) is 8.49. The number of benzene rings is 2. The molecular weight excluding hydrogens is 335 g/mol. The first kappa shape index (κ1) is 19.4. The molecule has 6 heteroatoms. The van der Waals surface area contributed by atoms with Gasteiger partial charge in [-0.25, -0.2) is 4.39 Å². The average molecular weight is 358 g/mol. The largest absolute Gasteiger partial charge is 0.484 e. The van der Waals surface area contributed by atoms with Gasteiger partial charge in [0.25, 0.3) is 5.91 Å². The van der Waals surface area contributed by atoms with Crippen molar-refractivity contribution in [3.05, 3.63) is 66.0 Å². The Balaban J connectivity index is 1.69. The van der Waals surface area contributed by atoms with Crippen molar-refractivity contribution >= 4 is 11.8 Å². The van der Waals surface area contributed by atoms with Gasteiger partial charge in [0.1, 0.15) is 11.6 Å². The maximum Gasteiger partial charge on any atom is 0.258 e. The second-order valence-electron chi connectivity index (χ2n) is 5.83. The monoisotopic (exact) mass is 358 g/mol. The lowest BCUT2D eigenvalue weighted by Crippen LogP contribution is -2.39. The van der Waals surface area contributed by atoms with Gasteiger partial charge in [0.2, 0.25) is 5.91 Å². The van der Waals surface area contributed by atoms with Gasteiger partial charge in [0, 0.05) is 26.6 Å². The lowest BCUT2D eigenvalue weighted by atomic mass is 10.1. The number of amides is 2. The van der Waals surface area contributed by atoms with Crippen molar-refractivity contribution in [3.8, 4) is 5.75 Å². The Kier molecular flexibility index (Phi) is 7.61. The van der Waals surface area contributed by atoms with E-state index in [1.807, 2.05) is 18.2 Å². The summed E-state index contributed by atoms with van der Waals surface area (Å²) in [6.07, 6.45) is 0.630. The van der Waals surface area contributed by atoms with E-state index in [-0.39, 0.29) is 24.2 Å². The molecule has 138 valence electrons. The Morgan fingerprint density at radius 1 is 1.04 bits per heavy atom. The topological polar surface area (TPSA) is 58.6 Å². The summed E-state index contributed by atoms with van der Waals surface area (Å²) < 4.78 is 18.3. The van der Waals surface area contributed by atoms with Crippen molar-refractivity contribution in [2.45, 2.75) is 13.3 Å². The molecule has 0 aliphatic carbocycles. The van der Waals surface area contributed by atoms with Crippen LogP contribution in [0.15, 0.2) is 54.6 Å². The highest BCUT2D eigenvalue weighted by Crippen LogP contribution is 2.07. The minimum atomic E-state index is -0.280. The van der Waals surface area contributed by atoms with Crippen LogP contribution in [0.3, 0.4) is 0 Å². The standard InChI is InChI=1S/C20H23FN2O3/c1-16(24)23(13-11-17-7-9-18(21)10-8-17)14-12-22-20(25)15-26-19-5-3-2-4-6-19/h2-10H,11-15H2,1H3,(H,22,25). The first-order valence-electron chi connectivity index (χ1n) is 8.49. The summed E-state index contributed by atoms with van der Waals surface area (Å²) in [5, 5.41) is 2.74. The smallest absolute Gasteiger partial charge is 0.258 e. The van der Waals surface area contributed by atoms with Gasteiger partial charge in [-0.2, -0.15) is 0 Å². The maximum atomic E-state index is 12.9. The highest BCUT2D eigenvalue weighted by Gasteiger charge is 2.10. The Bertz CT molecular complexity index is 705. The second-order valence-corrected chi connectivity index (χ2v) is 5.83. The molecular formula is C20H23FN2O3. The number of carbonyl (C=O) groups is 2. The minimum absolute atomic E-state index is 0.0677. The minimum Gasteiger partial charge on any atom is -0.484 e. The van der Waals surface area contributed by atoms with Crippen LogP contribution in [0, 0.1) is 5.82 Å². The molecule has 2 rings (SSSR count). The molecule has 0 saturated carbocycles. The molecule has 0 heterocycles. The Morgan fingerprint density at radius 2 is 1.73 bits per heavy atom. The van der Waals surface area contributed by atoms with E-state index in [4.69, 9.17) is 4.74 Å². The fraction of sp³-hybridized carbons (Fsp3) is 0.300. The highest BCUT2D eigenvalue weighted by atomic mass is 19.1. The molecule has 0 aliphatic rings. The molecule has 0 saturated heterocycles. The highest BCUT2D eigenvalue weighted by molar-refractivity contribution is 5.77. The van der Waals surface area contributed by atoms with Crippen LogP contribution in [0.1, 0.15) is 12.5 Å². The number of ether oxygens (including phenoxy) is 1. The molecule has 26 heavy (non-hydrogen) atoms. The summed E-state index contributed by atoms with van der Waals surface area (Å²) in [6.45, 7) is 2.69. The molecule has 0 bridgehead atoms. The second kappa shape index (κ2) is 10.2. The molecule has 0 aromatic heterocycles. The molecule has 0 atom stereocenters. The van der Waals surface area contributed by atoms with Crippen LogP contribution in [0.2, 0.25) is 0 Å². The molecule has 1 N–H and O–H groups in total. The number of nitrogens with zero attached hydrogens (tertiary/aromatic N) is 1. The zero-order chi connectivity index (χ0) is 18.8. The molecule has 0 unspecified atom stereocenters. The van der Waals surface area contributed by atoms with E-state index >= 15 is 0 Å². The summed E-state index contributed by atoms with van der Waals surface area (Å²) in [5.74, 6) is 0.0442. The van der Waals surface area contributed by atoms with Gasteiger partial charge in [-0.15, -0.1) is 0 Å². The van der Waals surface area contributed by atoms with Crippen molar-refractivity contribution in [2.24, 2.45) is 0 Å². The van der Waals surface area contributed by atoms with Crippen molar-refractivity contribution in [1.82, 2.24) is 10.2 Å². The van der Waals surface area contributed by atoms with E-state index in [0.717, 1.165) is 5.56 Å². The number of hydrogen-bond acceptors (Lipinski definition) is 3. The van der Waals surface area contributed by atoms with E-state index in [9.17, 15) is 14.0 Å². The van der Waals surface area contributed by atoms with E-state index in [0.29, 0.717) is 31.8 Å².